The predicted molar refractivity (Wildman–Crippen MR) is 109 cm³/mol. The summed E-state index contributed by atoms with van der Waals surface area (Å²) in [6, 6.07) is 0. The van der Waals surface area contributed by atoms with Crippen molar-refractivity contribution >= 4 is 0 Å². The monoisotopic (exact) mass is 412 g/mol. The highest BCUT2D eigenvalue weighted by Gasteiger charge is 1.93. The van der Waals surface area contributed by atoms with Gasteiger partial charge < -0.3 is 38.6 Å². The van der Waals surface area contributed by atoms with Gasteiger partial charge in [-0.15, -0.1) is 0 Å². The summed E-state index contributed by atoms with van der Waals surface area (Å²) in [5.41, 5.74) is 0. The van der Waals surface area contributed by atoms with Crippen LogP contribution in [0.15, 0.2) is 0 Å². The Hall–Kier alpha value is -0.320. The Balaban J connectivity index is 0. The molecule has 8 heteroatoms. The summed E-state index contributed by atoms with van der Waals surface area (Å²) in [5.74, 6) is 0. The van der Waals surface area contributed by atoms with Gasteiger partial charge in [0.25, 0.3) is 0 Å². The number of aliphatic hydroxyl groups is 2. The maximum atomic E-state index is 8.45. The van der Waals surface area contributed by atoms with E-state index >= 15 is 0 Å². The molecule has 0 heterocycles. The lowest BCUT2D eigenvalue weighted by atomic mass is 10.2. The van der Waals surface area contributed by atoms with Crippen LogP contribution in [0.1, 0.15) is 39.5 Å². The summed E-state index contributed by atoms with van der Waals surface area (Å²) in [6.45, 7) is 10.9. The Morgan fingerprint density at radius 3 is 1.14 bits per heavy atom. The lowest BCUT2D eigenvalue weighted by Gasteiger charge is -2.07. The number of hydrogen-bond acceptors (Lipinski definition) is 8. The van der Waals surface area contributed by atoms with Crippen LogP contribution in [-0.4, -0.2) is 103 Å². The van der Waals surface area contributed by atoms with Crippen LogP contribution in [0.25, 0.3) is 0 Å². The molecule has 0 atom stereocenters. The van der Waals surface area contributed by atoms with Gasteiger partial charge in [0.15, 0.2) is 0 Å². The van der Waals surface area contributed by atoms with Crippen molar-refractivity contribution in [1.29, 1.82) is 0 Å². The van der Waals surface area contributed by atoms with Gasteiger partial charge >= 0.3 is 0 Å². The van der Waals surface area contributed by atoms with Crippen LogP contribution in [0.4, 0.5) is 0 Å². The van der Waals surface area contributed by atoms with Gasteiger partial charge in [-0.2, -0.15) is 0 Å². The molecule has 172 valence electrons. The highest BCUT2D eigenvalue weighted by atomic mass is 16.6. The maximum Gasteiger partial charge on any atom is 0.0701 e. The number of unbranched alkanes of at least 4 members (excludes halogenated alkanes) is 3. The van der Waals surface area contributed by atoms with E-state index in [-0.39, 0.29) is 13.2 Å². The molecule has 0 fully saturated rings. The van der Waals surface area contributed by atoms with Crippen molar-refractivity contribution in [3.8, 4) is 0 Å². The Bertz CT molecular complexity index is 222. The molecule has 0 rings (SSSR count). The van der Waals surface area contributed by atoms with Gasteiger partial charge in [-0.3, -0.25) is 0 Å². The fourth-order valence-electron chi connectivity index (χ4n) is 1.89. The van der Waals surface area contributed by atoms with Gasteiger partial charge in [-0.1, -0.05) is 26.2 Å². The summed E-state index contributed by atoms with van der Waals surface area (Å²) in [4.78, 5) is 0. The molecule has 28 heavy (non-hydrogen) atoms. The summed E-state index contributed by atoms with van der Waals surface area (Å²) >= 11 is 0. The molecular formula is C20H44O8. The van der Waals surface area contributed by atoms with Gasteiger partial charge in [0, 0.05) is 13.2 Å². The standard InChI is InChI=1S/C12H26O7.C8H18O/c13-1-3-15-5-7-17-9-11-19-12-10-18-8-6-16-4-2-14;1-3-5-6-7-8-9-4-2/h13-14H,1-12H2;3-8H2,1-2H3. The summed E-state index contributed by atoms with van der Waals surface area (Å²) < 4.78 is 31.0. The molecule has 0 aromatic carbocycles. The van der Waals surface area contributed by atoms with Crippen LogP contribution in [0.2, 0.25) is 0 Å². The molecule has 0 saturated carbocycles. The van der Waals surface area contributed by atoms with Crippen molar-refractivity contribution in [3.05, 3.63) is 0 Å². The lowest BCUT2D eigenvalue weighted by molar-refractivity contribution is -0.0151. The van der Waals surface area contributed by atoms with Gasteiger partial charge in [0.2, 0.25) is 0 Å². The molecule has 0 bridgehead atoms. The van der Waals surface area contributed by atoms with Crippen LogP contribution in [0.3, 0.4) is 0 Å². The Labute approximate surface area is 171 Å². The van der Waals surface area contributed by atoms with Crippen molar-refractivity contribution in [2.75, 3.05) is 92.5 Å². The van der Waals surface area contributed by atoms with E-state index in [0.717, 1.165) is 13.2 Å². The van der Waals surface area contributed by atoms with E-state index in [1.54, 1.807) is 0 Å². The quantitative estimate of drug-likeness (QED) is 0.259. The zero-order valence-corrected chi connectivity index (χ0v) is 18.1. The minimum Gasteiger partial charge on any atom is -0.394 e. The minimum atomic E-state index is 0.0359. The molecule has 0 saturated heterocycles. The van der Waals surface area contributed by atoms with Crippen LogP contribution in [0.5, 0.6) is 0 Å². The lowest BCUT2D eigenvalue weighted by Crippen LogP contribution is -2.14. The van der Waals surface area contributed by atoms with E-state index in [1.165, 1.54) is 25.7 Å². The van der Waals surface area contributed by atoms with E-state index < -0.39 is 0 Å². The van der Waals surface area contributed by atoms with Crippen molar-refractivity contribution in [2.24, 2.45) is 0 Å². The molecule has 0 aromatic heterocycles. The summed E-state index contributed by atoms with van der Waals surface area (Å²) in [7, 11) is 0. The Kier molecular flexibility index (Phi) is 33.5. The normalized spacial score (nSPS) is 10.7. The smallest absolute Gasteiger partial charge is 0.0701 e. The first-order valence-electron chi connectivity index (χ1n) is 10.5. The molecule has 2 N–H and O–H groups in total. The number of aliphatic hydroxyl groups excluding tert-OH is 2. The summed E-state index contributed by atoms with van der Waals surface area (Å²) in [6.07, 6.45) is 5.23. The number of rotatable bonds is 22. The van der Waals surface area contributed by atoms with E-state index in [0.29, 0.717) is 66.1 Å². The zero-order valence-electron chi connectivity index (χ0n) is 18.1. The third-order valence-electron chi connectivity index (χ3n) is 3.31. The fourth-order valence-corrected chi connectivity index (χ4v) is 1.89. The second-order valence-electron chi connectivity index (χ2n) is 5.77. The Morgan fingerprint density at radius 1 is 0.429 bits per heavy atom. The second-order valence-corrected chi connectivity index (χ2v) is 5.77. The molecule has 0 radical (unpaired) electrons. The largest absolute Gasteiger partial charge is 0.394 e. The number of hydrogen-bond donors (Lipinski definition) is 2. The molecule has 0 aromatic rings. The molecule has 0 aliphatic heterocycles. The first-order valence-corrected chi connectivity index (χ1v) is 10.5. The molecule has 0 amide bonds. The fraction of sp³-hybridized carbons (Fsp3) is 1.00. The van der Waals surface area contributed by atoms with E-state index in [1.807, 2.05) is 6.92 Å². The predicted octanol–water partition coefficient (Wildman–Crippen LogP) is 1.66. The first kappa shape index (κ1) is 29.9. The highest BCUT2D eigenvalue weighted by Crippen LogP contribution is 1.98. The van der Waals surface area contributed by atoms with Crippen LogP contribution in [-0.2, 0) is 28.4 Å². The van der Waals surface area contributed by atoms with Gasteiger partial charge in [-0.05, 0) is 13.3 Å². The van der Waals surface area contributed by atoms with Crippen LogP contribution >= 0.6 is 0 Å². The minimum absolute atomic E-state index is 0.0359. The average Bonchev–Trinajstić information content (AvgIpc) is 2.71. The number of ether oxygens (including phenoxy) is 6. The van der Waals surface area contributed by atoms with Gasteiger partial charge in [-0.25, -0.2) is 0 Å². The van der Waals surface area contributed by atoms with Gasteiger partial charge in [0.05, 0.1) is 79.3 Å². The Morgan fingerprint density at radius 2 is 0.821 bits per heavy atom. The van der Waals surface area contributed by atoms with E-state index in [2.05, 4.69) is 6.92 Å². The maximum absolute atomic E-state index is 8.45. The molecule has 0 spiro atoms. The average molecular weight is 413 g/mol. The SMILES string of the molecule is CCCCCCOCC.OCCOCCOCCOCCOCCOCCO. The molecular weight excluding hydrogens is 368 g/mol. The van der Waals surface area contributed by atoms with Crippen molar-refractivity contribution in [3.63, 3.8) is 0 Å². The van der Waals surface area contributed by atoms with Crippen molar-refractivity contribution < 1.29 is 38.6 Å². The van der Waals surface area contributed by atoms with E-state index in [4.69, 9.17) is 38.6 Å². The second kappa shape index (κ2) is 31.4. The summed E-state index contributed by atoms with van der Waals surface area (Å²) in [5, 5.41) is 16.9. The molecule has 0 aliphatic carbocycles. The van der Waals surface area contributed by atoms with Crippen molar-refractivity contribution in [1.82, 2.24) is 0 Å². The topological polar surface area (TPSA) is 95.8 Å². The molecule has 0 aliphatic rings. The first-order chi connectivity index (χ1) is 13.8. The molecule has 8 nitrogen and oxygen atoms in total. The highest BCUT2D eigenvalue weighted by molar-refractivity contribution is 4.38. The third-order valence-corrected chi connectivity index (χ3v) is 3.31. The van der Waals surface area contributed by atoms with Crippen molar-refractivity contribution in [2.45, 2.75) is 39.5 Å². The van der Waals surface area contributed by atoms with Crippen LogP contribution in [0, 0.1) is 0 Å². The van der Waals surface area contributed by atoms with E-state index in [9.17, 15) is 0 Å². The molecule has 0 unspecified atom stereocenters. The van der Waals surface area contributed by atoms with Gasteiger partial charge in [0.1, 0.15) is 0 Å². The van der Waals surface area contributed by atoms with Crippen LogP contribution < -0.4 is 0 Å². The third kappa shape index (κ3) is 33.3. The zero-order chi connectivity index (χ0) is 21.0.